The van der Waals surface area contributed by atoms with Gasteiger partial charge in [-0.1, -0.05) is 12.1 Å². The fraction of sp³-hybridized carbons (Fsp3) is 0.118. The highest BCUT2D eigenvalue weighted by molar-refractivity contribution is 7.83. The van der Waals surface area contributed by atoms with Crippen molar-refractivity contribution in [3.05, 3.63) is 60.2 Å². The molecule has 4 rings (SSSR count). The molecule has 0 aliphatic rings. The normalized spacial score (nSPS) is 12.9. The molecule has 0 saturated heterocycles. The van der Waals surface area contributed by atoms with Gasteiger partial charge >= 0.3 is 0 Å². The van der Waals surface area contributed by atoms with Crippen LogP contribution in [-0.4, -0.2) is 18.7 Å². The maximum Gasteiger partial charge on any atom is 0.142 e. The van der Waals surface area contributed by atoms with Crippen LogP contribution in [-0.2, 0) is 24.6 Å². The molecule has 1 unspecified atom stereocenters. The first kappa shape index (κ1) is 15.0. The minimum Gasteiger partial charge on any atom is -0.345 e. The molecule has 0 saturated carbocycles. The van der Waals surface area contributed by atoms with Gasteiger partial charge in [-0.05, 0) is 35.9 Å². The number of aromatic nitrogens is 3. The van der Waals surface area contributed by atoms with E-state index in [2.05, 4.69) is 14.7 Å². The van der Waals surface area contributed by atoms with Gasteiger partial charge in [0.1, 0.15) is 21.8 Å². The summed E-state index contributed by atoms with van der Waals surface area (Å²) in [5, 5.41) is 1.02. The van der Waals surface area contributed by atoms with Gasteiger partial charge in [-0.25, -0.2) is 18.3 Å². The van der Waals surface area contributed by atoms with Gasteiger partial charge in [0.2, 0.25) is 0 Å². The summed E-state index contributed by atoms with van der Waals surface area (Å²) in [4.78, 5) is 7.22. The van der Waals surface area contributed by atoms with Crippen LogP contribution in [0.15, 0.2) is 53.8 Å². The van der Waals surface area contributed by atoms with Crippen molar-refractivity contribution in [1.82, 2.24) is 19.3 Å². The third-order valence-electron chi connectivity index (χ3n) is 4.07. The van der Waals surface area contributed by atoms with Crippen LogP contribution in [0, 0.1) is 5.82 Å². The molecule has 0 aliphatic carbocycles. The molecule has 0 spiro atoms. The Kier molecular flexibility index (Phi) is 3.66. The maximum absolute atomic E-state index is 13.9. The largest absolute Gasteiger partial charge is 0.345 e. The van der Waals surface area contributed by atoms with Crippen molar-refractivity contribution >= 4 is 32.9 Å². The first-order chi connectivity index (χ1) is 11.6. The number of nitrogens with one attached hydrogen (secondary N) is 2. The smallest absolute Gasteiger partial charge is 0.142 e. The van der Waals surface area contributed by atoms with E-state index in [1.807, 2.05) is 24.3 Å². The lowest BCUT2D eigenvalue weighted by atomic mass is 10.2. The van der Waals surface area contributed by atoms with E-state index in [9.17, 15) is 8.60 Å². The van der Waals surface area contributed by atoms with E-state index < -0.39 is 11.0 Å². The number of imidazole rings is 1. The first-order valence-electron chi connectivity index (χ1n) is 7.45. The van der Waals surface area contributed by atoms with Crippen molar-refractivity contribution in [1.29, 1.82) is 0 Å². The van der Waals surface area contributed by atoms with Crippen LogP contribution in [0.4, 0.5) is 4.39 Å². The molecule has 0 bridgehead atoms. The third kappa shape index (κ3) is 2.51. The summed E-state index contributed by atoms with van der Waals surface area (Å²) in [6, 6.07) is 12.3. The molecule has 24 heavy (non-hydrogen) atoms. The van der Waals surface area contributed by atoms with E-state index >= 15 is 0 Å². The predicted molar refractivity (Wildman–Crippen MR) is 92.2 cm³/mol. The average molecular weight is 342 g/mol. The number of hydrogen-bond donors (Lipinski definition) is 2. The quantitative estimate of drug-likeness (QED) is 0.599. The van der Waals surface area contributed by atoms with E-state index in [-0.39, 0.29) is 5.82 Å². The molecule has 4 aromatic rings. The molecule has 0 radical (unpaired) electrons. The van der Waals surface area contributed by atoms with Crippen LogP contribution >= 0.6 is 0 Å². The van der Waals surface area contributed by atoms with Gasteiger partial charge in [0.25, 0.3) is 0 Å². The Hall–Kier alpha value is -2.51. The predicted octanol–water partition coefficient (Wildman–Crippen LogP) is 3.01. The third-order valence-corrected chi connectivity index (χ3v) is 5.25. The number of rotatable bonds is 4. The highest BCUT2D eigenvalue weighted by atomic mass is 32.2. The number of fused-ring (bicyclic) bond motifs is 2. The second kappa shape index (κ2) is 5.85. The summed E-state index contributed by atoms with van der Waals surface area (Å²) in [6.07, 6.45) is 1.64. The maximum atomic E-state index is 13.9. The van der Waals surface area contributed by atoms with E-state index in [0.29, 0.717) is 17.0 Å². The lowest BCUT2D eigenvalue weighted by Gasteiger charge is -2.06. The zero-order valence-corrected chi connectivity index (χ0v) is 13.7. The van der Waals surface area contributed by atoms with Crippen molar-refractivity contribution in [2.24, 2.45) is 7.05 Å². The van der Waals surface area contributed by atoms with Gasteiger partial charge in [0.15, 0.2) is 0 Å². The van der Waals surface area contributed by atoms with Gasteiger partial charge in [-0.15, -0.1) is 0 Å². The SMILES string of the molecule is Cn1c(S(=O)NCc2ccc3nc[nH]c3c2)cc2c(F)cccc21. The van der Waals surface area contributed by atoms with Crippen molar-refractivity contribution in [2.45, 2.75) is 11.6 Å². The molecule has 2 heterocycles. The second-order valence-corrected chi connectivity index (χ2v) is 6.80. The summed E-state index contributed by atoms with van der Waals surface area (Å²) in [6.45, 7) is 0.436. The molecule has 2 aromatic carbocycles. The standard InChI is InChI=1S/C17H15FN4OS/c1-22-16-4-2-3-13(18)12(16)8-17(22)24(23)21-9-11-5-6-14-15(7-11)20-10-19-14/h2-8,10,21H,9H2,1H3,(H,19,20). The van der Waals surface area contributed by atoms with E-state index in [0.717, 1.165) is 22.1 Å². The summed E-state index contributed by atoms with van der Waals surface area (Å²) in [5.74, 6) is -0.309. The molecule has 0 aliphatic heterocycles. The number of benzene rings is 2. The van der Waals surface area contributed by atoms with Crippen molar-refractivity contribution in [2.75, 3.05) is 0 Å². The average Bonchev–Trinajstić information content (AvgIpc) is 3.18. The Labute approximate surface area is 140 Å². The fourth-order valence-corrected chi connectivity index (χ4v) is 3.81. The van der Waals surface area contributed by atoms with E-state index in [1.165, 1.54) is 6.07 Å². The Morgan fingerprint density at radius 1 is 1.29 bits per heavy atom. The molecule has 2 N–H and O–H groups in total. The lowest BCUT2D eigenvalue weighted by molar-refractivity contribution is 0.640. The molecule has 122 valence electrons. The Bertz CT molecular complexity index is 1070. The van der Waals surface area contributed by atoms with Gasteiger partial charge in [-0.2, -0.15) is 0 Å². The topological polar surface area (TPSA) is 62.7 Å². The molecule has 0 amide bonds. The van der Waals surface area contributed by atoms with Crippen molar-refractivity contribution in [3.63, 3.8) is 0 Å². The van der Waals surface area contributed by atoms with Crippen LogP contribution in [0.1, 0.15) is 5.56 Å². The van der Waals surface area contributed by atoms with Gasteiger partial charge in [-0.3, -0.25) is 0 Å². The summed E-state index contributed by atoms with van der Waals surface area (Å²) >= 11 is 0. The lowest BCUT2D eigenvalue weighted by Crippen LogP contribution is -2.18. The van der Waals surface area contributed by atoms with Crippen LogP contribution in [0.3, 0.4) is 0 Å². The second-order valence-electron chi connectivity index (χ2n) is 5.56. The number of H-pyrrole nitrogens is 1. The Morgan fingerprint density at radius 2 is 2.17 bits per heavy atom. The Morgan fingerprint density at radius 3 is 3.00 bits per heavy atom. The number of aryl methyl sites for hydroxylation is 1. The zero-order valence-electron chi connectivity index (χ0n) is 12.9. The van der Waals surface area contributed by atoms with Crippen molar-refractivity contribution < 1.29 is 8.60 Å². The monoisotopic (exact) mass is 342 g/mol. The van der Waals surface area contributed by atoms with Gasteiger partial charge in [0.05, 0.1) is 22.9 Å². The van der Waals surface area contributed by atoms with Crippen molar-refractivity contribution in [3.8, 4) is 0 Å². The van der Waals surface area contributed by atoms with Gasteiger partial charge in [0, 0.05) is 19.0 Å². The van der Waals surface area contributed by atoms with Crippen LogP contribution in [0.25, 0.3) is 21.9 Å². The fourth-order valence-electron chi connectivity index (χ4n) is 2.79. The zero-order chi connectivity index (χ0) is 16.7. The first-order valence-corrected chi connectivity index (χ1v) is 8.60. The molecule has 0 fully saturated rings. The number of nitrogens with zero attached hydrogens (tertiary/aromatic N) is 2. The Balaban J connectivity index is 1.57. The summed E-state index contributed by atoms with van der Waals surface area (Å²) in [7, 11) is 0.345. The molecule has 1 atom stereocenters. The summed E-state index contributed by atoms with van der Waals surface area (Å²) < 4.78 is 31.2. The molecule has 5 nitrogen and oxygen atoms in total. The number of hydrogen-bond acceptors (Lipinski definition) is 2. The minimum absolute atomic E-state index is 0.309. The highest BCUT2D eigenvalue weighted by Gasteiger charge is 2.14. The molecular formula is C17H15FN4OS. The van der Waals surface area contributed by atoms with E-state index in [4.69, 9.17) is 0 Å². The van der Waals surface area contributed by atoms with Gasteiger partial charge < -0.3 is 9.55 Å². The molecular weight excluding hydrogens is 327 g/mol. The van der Waals surface area contributed by atoms with Crippen LogP contribution in [0.2, 0.25) is 0 Å². The summed E-state index contributed by atoms with van der Waals surface area (Å²) in [5.41, 5.74) is 3.54. The highest BCUT2D eigenvalue weighted by Crippen LogP contribution is 2.23. The number of halogens is 1. The van der Waals surface area contributed by atoms with Crippen LogP contribution < -0.4 is 4.72 Å². The number of aromatic amines is 1. The molecule has 7 heteroatoms. The molecule has 2 aromatic heterocycles. The van der Waals surface area contributed by atoms with E-state index in [1.54, 1.807) is 30.1 Å². The minimum atomic E-state index is -1.44. The van der Waals surface area contributed by atoms with Crippen LogP contribution in [0.5, 0.6) is 0 Å².